The van der Waals surface area contributed by atoms with E-state index in [9.17, 15) is 24.3 Å². The number of carbonyl (C=O) groups is 4. The fraction of sp³-hybridized carbons (Fsp3) is 0.312. The van der Waals surface area contributed by atoms with Crippen LogP contribution in [0, 0.1) is 5.92 Å². The molecule has 3 N–H and O–H groups in total. The number of para-hydroxylation sites is 2. The van der Waals surface area contributed by atoms with Crippen LogP contribution >= 0.6 is 15.9 Å². The fourth-order valence-corrected chi connectivity index (χ4v) is 4.48. The first-order chi connectivity index (χ1) is 20.5. The van der Waals surface area contributed by atoms with Gasteiger partial charge in [-0.15, -0.1) is 0 Å². The number of nitrogens with one attached hydrogen (secondary N) is 2. The van der Waals surface area contributed by atoms with E-state index < -0.39 is 17.9 Å². The quantitative estimate of drug-likeness (QED) is 0.212. The Morgan fingerprint density at radius 3 is 2.35 bits per heavy atom. The molecule has 3 aromatic carbocycles. The van der Waals surface area contributed by atoms with Crippen molar-refractivity contribution in [3.05, 3.63) is 82.8 Å². The van der Waals surface area contributed by atoms with Crippen LogP contribution in [0.4, 0.5) is 21.9 Å². The van der Waals surface area contributed by atoms with E-state index in [1.807, 2.05) is 38.1 Å². The highest BCUT2D eigenvalue weighted by Gasteiger charge is 2.22. The molecule has 0 aliphatic heterocycles. The highest BCUT2D eigenvalue weighted by atomic mass is 79.9. The molecule has 0 aromatic heterocycles. The molecule has 0 aliphatic carbocycles. The number of benzene rings is 3. The van der Waals surface area contributed by atoms with Crippen molar-refractivity contribution in [2.75, 3.05) is 41.9 Å². The monoisotopic (exact) mass is 652 g/mol. The lowest BCUT2D eigenvalue weighted by atomic mass is 10.0. The number of halogens is 1. The average Bonchev–Trinajstić information content (AvgIpc) is 2.98. The molecule has 228 valence electrons. The molecule has 0 bridgehead atoms. The lowest BCUT2D eigenvalue weighted by Gasteiger charge is -2.26. The van der Waals surface area contributed by atoms with Gasteiger partial charge >= 0.3 is 12.0 Å². The number of carboxylic acids is 1. The summed E-state index contributed by atoms with van der Waals surface area (Å²) in [6.45, 7) is 5.49. The van der Waals surface area contributed by atoms with Crippen molar-refractivity contribution in [2.24, 2.45) is 5.92 Å². The number of likely N-dealkylation sites (N-methyl/N-ethyl adjacent to an activating group) is 1. The van der Waals surface area contributed by atoms with Crippen molar-refractivity contribution in [3.63, 3.8) is 0 Å². The third kappa shape index (κ3) is 9.85. The molecule has 0 spiro atoms. The van der Waals surface area contributed by atoms with E-state index in [0.29, 0.717) is 47.3 Å². The molecule has 1 atom stereocenters. The van der Waals surface area contributed by atoms with Gasteiger partial charge in [-0.3, -0.25) is 14.4 Å². The van der Waals surface area contributed by atoms with E-state index >= 15 is 0 Å². The Kier molecular flexibility index (Phi) is 12.1. The van der Waals surface area contributed by atoms with Gasteiger partial charge in [0.15, 0.2) is 6.61 Å². The van der Waals surface area contributed by atoms with Crippen LogP contribution in [-0.2, 0) is 14.4 Å². The summed E-state index contributed by atoms with van der Waals surface area (Å²) in [5.41, 5.74) is 2.14. The molecule has 0 saturated carbocycles. The maximum absolute atomic E-state index is 13.4. The largest absolute Gasteiger partial charge is 0.482 e. The predicted octanol–water partition coefficient (Wildman–Crippen LogP) is 5.88. The van der Waals surface area contributed by atoms with Gasteiger partial charge in [0, 0.05) is 29.4 Å². The van der Waals surface area contributed by atoms with Crippen LogP contribution in [0.25, 0.3) is 0 Å². The minimum Gasteiger partial charge on any atom is -0.482 e. The van der Waals surface area contributed by atoms with Crippen molar-refractivity contribution < 1.29 is 29.0 Å². The van der Waals surface area contributed by atoms with Gasteiger partial charge in [-0.25, -0.2) is 4.79 Å². The lowest BCUT2D eigenvalue weighted by Crippen LogP contribution is -2.42. The van der Waals surface area contributed by atoms with E-state index in [0.717, 1.165) is 4.47 Å². The predicted molar refractivity (Wildman–Crippen MR) is 171 cm³/mol. The second-order valence-corrected chi connectivity index (χ2v) is 11.3. The second-order valence-electron chi connectivity index (χ2n) is 10.4. The van der Waals surface area contributed by atoms with E-state index in [2.05, 4.69) is 26.6 Å². The van der Waals surface area contributed by atoms with Gasteiger partial charge < -0.3 is 30.3 Å². The molecule has 11 heteroatoms. The van der Waals surface area contributed by atoms with Crippen LogP contribution in [0.1, 0.15) is 38.7 Å². The van der Waals surface area contributed by atoms with Gasteiger partial charge in [-0.1, -0.05) is 60.1 Å². The van der Waals surface area contributed by atoms with Crippen LogP contribution in [0.15, 0.2) is 77.3 Å². The average molecular weight is 654 g/mol. The number of aliphatic carboxylic acids is 1. The molecule has 1 unspecified atom stereocenters. The minimum absolute atomic E-state index is 0.244. The number of rotatable bonds is 13. The maximum Gasteiger partial charge on any atom is 0.319 e. The number of hydrogen-bond donors (Lipinski definition) is 3. The highest BCUT2D eigenvalue weighted by Crippen LogP contribution is 2.29. The van der Waals surface area contributed by atoms with E-state index in [4.69, 9.17) is 4.74 Å². The first-order valence-corrected chi connectivity index (χ1v) is 14.7. The summed E-state index contributed by atoms with van der Waals surface area (Å²) in [7, 11) is 1.66. The number of urea groups is 1. The Bertz CT molecular complexity index is 1450. The van der Waals surface area contributed by atoms with Gasteiger partial charge in [0.25, 0.3) is 5.91 Å². The number of nitrogens with zero attached hydrogens (tertiary/aromatic N) is 2. The van der Waals surface area contributed by atoms with Gasteiger partial charge in [-0.2, -0.15) is 0 Å². The maximum atomic E-state index is 13.4. The van der Waals surface area contributed by atoms with E-state index in [1.165, 1.54) is 4.90 Å². The first-order valence-electron chi connectivity index (χ1n) is 13.9. The van der Waals surface area contributed by atoms with Crippen molar-refractivity contribution in [1.82, 2.24) is 5.32 Å². The summed E-state index contributed by atoms with van der Waals surface area (Å²) in [5, 5.41) is 14.5. The molecule has 3 aromatic rings. The molecular formula is C32H37BrN4O6. The van der Waals surface area contributed by atoms with Gasteiger partial charge in [0.1, 0.15) is 5.75 Å². The normalized spacial score (nSPS) is 11.4. The smallest absolute Gasteiger partial charge is 0.319 e. The highest BCUT2D eigenvalue weighted by molar-refractivity contribution is 9.10. The number of carbonyl (C=O) groups excluding carboxylic acids is 3. The summed E-state index contributed by atoms with van der Waals surface area (Å²) in [5.74, 6) is -1.67. The molecule has 10 nitrogen and oxygen atoms in total. The zero-order valence-electron chi connectivity index (χ0n) is 24.7. The minimum atomic E-state index is -0.973. The Morgan fingerprint density at radius 1 is 0.930 bits per heavy atom. The molecule has 4 amide bonds. The topological polar surface area (TPSA) is 128 Å². The van der Waals surface area contributed by atoms with Crippen molar-refractivity contribution in [1.29, 1.82) is 0 Å². The molecule has 0 radical (unpaired) electrons. The summed E-state index contributed by atoms with van der Waals surface area (Å²) >= 11 is 3.41. The van der Waals surface area contributed by atoms with Crippen molar-refractivity contribution >= 4 is 56.8 Å². The second kappa shape index (κ2) is 15.7. The van der Waals surface area contributed by atoms with E-state index in [-0.39, 0.29) is 25.0 Å². The SMILES string of the molecule is CC(C)CCN(C(=O)CNC(=O)Nc1cccc(C(C)C(=O)O)c1)c1ccccc1OCC(=O)N(C)c1cccc(Br)c1. The van der Waals surface area contributed by atoms with Crippen LogP contribution < -0.4 is 25.2 Å². The molecular weight excluding hydrogens is 616 g/mol. The number of anilines is 3. The number of amides is 4. The first kappa shape index (κ1) is 33.1. The van der Waals surface area contributed by atoms with E-state index in [1.54, 1.807) is 67.4 Å². The standard InChI is InChI=1S/C32H37BrN4O6/c1-21(2)15-16-37(29(38)19-34-32(42)35-25-11-7-9-23(17-25)22(3)31(40)41)27-13-5-6-14-28(27)43-20-30(39)36(4)26-12-8-10-24(33)18-26/h5-14,17-18,21-22H,15-16,19-20H2,1-4H3,(H,40,41)(H2,34,35,42). The van der Waals surface area contributed by atoms with Crippen molar-refractivity contribution in [2.45, 2.75) is 33.1 Å². The van der Waals surface area contributed by atoms with Gasteiger partial charge in [0.2, 0.25) is 5.91 Å². The molecule has 3 rings (SSSR count). The van der Waals surface area contributed by atoms with Gasteiger partial charge in [-0.05, 0) is 67.3 Å². The fourth-order valence-electron chi connectivity index (χ4n) is 4.09. The molecule has 0 saturated heterocycles. The zero-order valence-corrected chi connectivity index (χ0v) is 26.3. The van der Waals surface area contributed by atoms with Crippen LogP contribution in [-0.4, -0.2) is 55.7 Å². The summed E-state index contributed by atoms with van der Waals surface area (Å²) < 4.78 is 6.77. The number of hydrogen-bond acceptors (Lipinski definition) is 5. The van der Waals surface area contributed by atoms with Crippen LogP contribution in [0.2, 0.25) is 0 Å². The Morgan fingerprint density at radius 2 is 1.65 bits per heavy atom. The van der Waals surface area contributed by atoms with Crippen LogP contribution in [0.3, 0.4) is 0 Å². The zero-order chi connectivity index (χ0) is 31.5. The third-order valence-corrected chi connectivity index (χ3v) is 7.22. The molecule has 0 aliphatic rings. The lowest BCUT2D eigenvalue weighted by molar-refractivity contribution is -0.138. The molecule has 0 heterocycles. The summed E-state index contributed by atoms with van der Waals surface area (Å²) in [6.07, 6.45) is 0.700. The van der Waals surface area contributed by atoms with Crippen LogP contribution in [0.5, 0.6) is 5.75 Å². The molecule has 0 fully saturated rings. The Balaban J connectivity index is 1.69. The summed E-state index contributed by atoms with van der Waals surface area (Å²) in [4.78, 5) is 53.3. The number of ether oxygens (including phenoxy) is 1. The number of carboxylic acid groups (broad SMARTS) is 1. The Hall–Kier alpha value is -4.38. The summed E-state index contributed by atoms with van der Waals surface area (Å²) in [6, 6.07) is 20.3. The Labute approximate surface area is 260 Å². The molecule has 43 heavy (non-hydrogen) atoms. The third-order valence-electron chi connectivity index (χ3n) is 6.72. The van der Waals surface area contributed by atoms with Gasteiger partial charge in [0.05, 0.1) is 18.2 Å². The van der Waals surface area contributed by atoms with Crippen molar-refractivity contribution in [3.8, 4) is 5.75 Å².